The van der Waals surface area contributed by atoms with Gasteiger partial charge >= 0.3 is 0 Å². The number of aromatic nitrogens is 1. The Morgan fingerprint density at radius 2 is 1.71 bits per heavy atom. The minimum absolute atomic E-state index is 0.0294. The average molecular weight is 369 g/mol. The van der Waals surface area contributed by atoms with Gasteiger partial charge in [0.25, 0.3) is 0 Å². The number of pyridine rings is 1. The Balaban J connectivity index is 1.99. The second-order valence-electron chi connectivity index (χ2n) is 8.25. The van der Waals surface area contributed by atoms with Crippen LogP contribution in [-0.2, 0) is 5.41 Å². The van der Waals surface area contributed by atoms with Crippen LogP contribution in [0.4, 0.5) is 11.4 Å². The molecule has 2 heterocycles. The van der Waals surface area contributed by atoms with Gasteiger partial charge in [0.15, 0.2) is 11.9 Å². The molecule has 0 unspecified atom stereocenters. The van der Waals surface area contributed by atoms with E-state index in [1.54, 1.807) is 0 Å². The number of anilines is 2. The zero-order chi connectivity index (χ0) is 20.1. The third-order valence-corrected chi connectivity index (χ3v) is 6.35. The molecular weight excluding hydrogens is 342 g/mol. The van der Waals surface area contributed by atoms with Crippen LogP contribution in [0, 0.1) is 25.2 Å². The van der Waals surface area contributed by atoms with Gasteiger partial charge in [-0.15, -0.1) is 0 Å². The maximum atomic E-state index is 9.72. The highest BCUT2D eigenvalue weighted by molar-refractivity contribution is 5.78. The molecule has 0 radical (unpaired) electrons. The number of aryl methyl sites for hydroxylation is 1. The molecule has 2 aromatic carbocycles. The third kappa shape index (κ3) is 2.60. The maximum Gasteiger partial charge on any atom is 0.217 e. The molecule has 0 amide bonds. The Morgan fingerprint density at radius 1 is 1.00 bits per heavy atom. The smallest absolute Gasteiger partial charge is 0.217 e. The van der Waals surface area contributed by atoms with Crippen molar-refractivity contribution in [1.82, 2.24) is 0 Å². The molecule has 0 saturated carbocycles. The average Bonchev–Trinajstić information content (AvgIpc) is 2.89. The maximum absolute atomic E-state index is 9.72. The summed E-state index contributed by atoms with van der Waals surface area (Å²) < 4.78 is 2.16. The fraction of sp³-hybridized carbons (Fsp3) is 0.280. The van der Waals surface area contributed by atoms with Crippen molar-refractivity contribution in [2.24, 2.45) is 0 Å². The van der Waals surface area contributed by atoms with Gasteiger partial charge in [-0.3, -0.25) is 0 Å². The molecule has 0 saturated heterocycles. The summed E-state index contributed by atoms with van der Waals surface area (Å²) in [6, 6.07) is 21.5. The Kier molecular flexibility index (Phi) is 4.23. The molecule has 0 N–H and O–H groups in total. The van der Waals surface area contributed by atoms with Gasteiger partial charge in [0, 0.05) is 47.8 Å². The number of nitrogens with zero attached hydrogens (tertiary/aromatic N) is 3. The molecule has 140 valence electrons. The molecule has 0 spiro atoms. The SMILES string of the molecule is Cc1c(N2c3ccccc3C(C)(C)[C@H]2C)cc(C#N)cc1-[n+]1ccccc1C. The second-order valence-corrected chi connectivity index (χ2v) is 8.25. The molecule has 1 aromatic heterocycles. The van der Waals surface area contributed by atoms with Crippen LogP contribution < -0.4 is 9.47 Å². The van der Waals surface area contributed by atoms with E-state index in [0.717, 1.165) is 17.1 Å². The van der Waals surface area contributed by atoms with Gasteiger partial charge in [-0.1, -0.05) is 38.1 Å². The van der Waals surface area contributed by atoms with Crippen LogP contribution in [0.25, 0.3) is 5.69 Å². The summed E-state index contributed by atoms with van der Waals surface area (Å²) in [6.45, 7) is 11.1. The molecule has 0 bridgehead atoms. The van der Waals surface area contributed by atoms with Crippen molar-refractivity contribution >= 4 is 11.4 Å². The third-order valence-electron chi connectivity index (χ3n) is 6.35. The number of para-hydroxylation sites is 1. The van der Waals surface area contributed by atoms with E-state index in [1.165, 1.54) is 16.8 Å². The van der Waals surface area contributed by atoms with E-state index in [0.29, 0.717) is 5.56 Å². The standard InChI is InChI=1S/C25H26N3/c1-17-10-8-9-13-27(17)23-14-20(16-26)15-24(18(23)2)28-19(3)25(4,5)21-11-6-7-12-22(21)28/h6-15,19H,1-5H3/q+1/t19-/m1/s1. The molecule has 28 heavy (non-hydrogen) atoms. The topological polar surface area (TPSA) is 30.9 Å². The molecule has 0 fully saturated rings. The van der Waals surface area contributed by atoms with Crippen molar-refractivity contribution in [1.29, 1.82) is 5.26 Å². The second kappa shape index (κ2) is 6.49. The summed E-state index contributed by atoms with van der Waals surface area (Å²) in [4.78, 5) is 2.41. The number of nitriles is 1. The quantitative estimate of drug-likeness (QED) is 0.577. The summed E-state index contributed by atoms with van der Waals surface area (Å²) in [5, 5.41) is 9.72. The molecule has 1 aliphatic heterocycles. The highest BCUT2D eigenvalue weighted by atomic mass is 15.2. The van der Waals surface area contributed by atoms with E-state index in [4.69, 9.17) is 0 Å². The first-order chi connectivity index (χ1) is 13.4. The van der Waals surface area contributed by atoms with Gasteiger partial charge in [-0.2, -0.15) is 9.83 Å². The normalized spacial score (nSPS) is 17.3. The Labute approximate surface area is 167 Å². The first-order valence-corrected chi connectivity index (χ1v) is 9.77. The highest BCUT2D eigenvalue weighted by Crippen LogP contribution is 2.49. The number of hydrogen-bond acceptors (Lipinski definition) is 2. The van der Waals surface area contributed by atoms with Crippen LogP contribution in [0.5, 0.6) is 0 Å². The van der Waals surface area contributed by atoms with E-state index < -0.39 is 0 Å². The monoisotopic (exact) mass is 368 g/mol. The molecule has 3 nitrogen and oxygen atoms in total. The predicted octanol–water partition coefficient (Wildman–Crippen LogP) is 5.27. The summed E-state index contributed by atoms with van der Waals surface area (Å²) in [7, 11) is 0. The van der Waals surface area contributed by atoms with E-state index in [2.05, 4.69) is 86.7 Å². The molecule has 1 aliphatic rings. The van der Waals surface area contributed by atoms with Crippen molar-refractivity contribution in [3.05, 3.63) is 83.2 Å². The van der Waals surface area contributed by atoms with Crippen LogP contribution in [0.1, 0.15) is 43.2 Å². The van der Waals surface area contributed by atoms with Gasteiger partial charge < -0.3 is 4.90 Å². The lowest BCUT2D eigenvalue weighted by Gasteiger charge is -2.32. The molecular formula is C25H26N3+. The fourth-order valence-electron chi connectivity index (χ4n) is 4.37. The van der Waals surface area contributed by atoms with E-state index in [1.807, 2.05) is 24.3 Å². The Morgan fingerprint density at radius 3 is 2.43 bits per heavy atom. The molecule has 3 aromatic rings. The fourth-order valence-corrected chi connectivity index (χ4v) is 4.37. The van der Waals surface area contributed by atoms with Gasteiger partial charge in [0.1, 0.15) is 0 Å². The van der Waals surface area contributed by atoms with Gasteiger partial charge in [-0.25, -0.2) is 0 Å². The van der Waals surface area contributed by atoms with Crippen LogP contribution >= 0.6 is 0 Å². The van der Waals surface area contributed by atoms with E-state index in [9.17, 15) is 5.26 Å². The van der Waals surface area contributed by atoms with Crippen LogP contribution in [-0.4, -0.2) is 6.04 Å². The van der Waals surface area contributed by atoms with Crippen LogP contribution in [0.15, 0.2) is 60.8 Å². The van der Waals surface area contributed by atoms with Gasteiger partial charge in [0.05, 0.1) is 17.3 Å². The molecule has 0 aliphatic carbocycles. The largest absolute Gasteiger partial charge is 0.337 e. The zero-order valence-corrected chi connectivity index (χ0v) is 17.2. The minimum atomic E-state index is 0.0294. The van der Waals surface area contributed by atoms with Gasteiger partial charge in [0.2, 0.25) is 5.69 Å². The molecule has 1 atom stereocenters. The van der Waals surface area contributed by atoms with Crippen molar-refractivity contribution in [2.45, 2.75) is 46.1 Å². The van der Waals surface area contributed by atoms with Crippen molar-refractivity contribution in [3.8, 4) is 11.8 Å². The van der Waals surface area contributed by atoms with Crippen LogP contribution in [0.3, 0.4) is 0 Å². The van der Waals surface area contributed by atoms with E-state index in [-0.39, 0.29) is 11.5 Å². The summed E-state index contributed by atoms with van der Waals surface area (Å²) in [5.41, 5.74) is 7.78. The predicted molar refractivity (Wildman–Crippen MR) is 113 cm³/mol. The minimum Gasteiger partial charge on any atom is -0.337 e. The van der Waals surface area contributed by atoms with Gasteiger partial charge in [-0.05, 0) is 31.5 Å². The lowest BCUT2D eigenvalue weighted by Crippen LogP contribution is -2.38. The Bertz CT molecular complexity index is 1110. The summed E-state index contributed by atoms with van der Waals surface area (Å²) >= 11 is 0. The summed E-state index contributed by atoms with van der Waals surface area (Å²) in [6.07, 6.45) is 2.06. The number of hydrogen-bond donors (Lipinski definition) is 0. The van der Waals surface area contributed by atoms with Crippen LogP contribution in [0.2, 0.25) is 0 Å². The first kappa shape index (κ1) is 18.3. The zero-order valence-electron chi connectivity index (χ0n) is 17.2. The van der Waals surface area contributed by atoms with E-state index >= 15 is 0 Å². The van der Waals surface area contributed by atoms with Crippen molar-refractivity contribution < 1.29 is 4.57 Å². The number of benzene rings is 2. The number of fused-ring (bicyclic) bond motifs is 1. The van der Waals surface area contributed by atoms with Crippen molar-refractivity contribution in [2.75, 3.05) is 4.90 Å². The lowest BCUT2D eigenvalue weighted by molar-refractivity contribution is -0.603. The molecule has 3 heteroatoms. The number of rotatable bonds is 2. The first-order valence-electron chi connectivity index (χ1n) is 9.77. The highest BCUT2D eigenvalue weighted by Gasteiger charge is 2.43. The molecule has 4 rings (SSSR count). The summed E-state index contributed by atoms with van der Waals surface area (Å²) in [5.74, 6) is 0. The lowest BCUT2D eigenvalue weighted by atomic mass is 9.81. The van der Waals surface area contributed by atoms with Crippen molar-refractivity contribution in [3.63, 3.8) is 0 Å². The Hall–Kier alpha value is -3.12.